The van der Waals surface area contributed by atoms with E-state index in [0.29, 0.717) is 69.5 Å². The monoisotopic (exact) mass is 800 g/mol. The summed E-state index contributed by atoms with van der Waals surface area (Å²) in [5.41, 5.74) is 7.92. The van der Waals surface area contributed by atoms with E-state index in [4.69, 9.17) is 4.74 Å². The molecule has 310 valence electrons. The van der Waals surface area contributed by atoms with Crippen LogP contribution in [0, 0.1) is 13.8 Å². The average Bonchev–Trinajstić information content (AvgIpc) is 3.23. The molecule has 5 N–H and O–H groups in total. The Morgan fingerprint density at radius 1 is 0.847 bits per heavy atom. The molecule has 12 heteroatoms. The minimum atomic E-state index is -0.457. The maximum Gasteiger partial charge on any atom is 0.411 e. The van der Waals surface area contributed by atoms with Gasteiger partial charge in [0.15, 0.2) is 0 Å². The number of hydrogen-bond acceptors (Lipinski definition) is 8. The number of carbonyl (C=O) groups is 3. The van der Waals surface area contributed by atoms with Gasteiger partial charge in [-0.3, -0.25) is 19.7 Å². The van der Waals surface area contributed by atoms with Gasteiger partial charge in [0.1, 0.15) is 11.9 Å². The predicted molar refractivity (Wildman–Crippen MR) is 234 cm³/mol. The summed E-state index contributed by atoms with van der Waals surface area (Å²) in [7, 11) is 1.82. The van der Waals surface area contributed by atoms with Crippen molar-refractivity contribution in [2.24, 2.45) is 0 Å². The molecule has 0 radical (unpaired) electrons. The summed E-state index contributed by atoms with van der Waals surface area (Å²) < 4.78 is 5.77. The van der Waals surface area contributed by atoms with Gasteiger partial charge < -0.3 is 35.3 Å². The molecule has 1 aromatic heterocycles. The van der Waals surface area contributed by atoms with E-state index in [0.717, 1.165) is 70.4 Å². The van der Waals surface area contributed by atoms with E-state index in [1.54, 1.807) is 17.0 Å². The minimum Gasteiger partial charge on any atom is -0.506 e. The van der Waals surface area contributed by atoms with Gasteiger partial charge in [-0.05, 0) is 105 Å². The number of nitrogens with one attached hydrogen (secondary N) is 4. The van der Waals surface area contributed by atoms with Crippen LogP contribution in [0.15, 0.2) is 95.8 Å². The molecule has 0 aliphatic carbocycles. The second-order valence-corrected chi connectivity index (χ2v) is 15.4. The normalized spacial score (nSPS) is 13.3. The van der Waals surface area contributed by atoms with E-state index in [1.165, 1.54) is 6.07 Å². The van der Waals surface area contributed by atoms with Gasteiger partial charge >= 0.3 is 6.09 Å². The Kier molecular flexibility index (Phi) is 14.9. The lowest BCUT2D eigenvalue weighted by Crippen LogP contribution is -2.40. The third kappa shape index (κ3) is 12.0. The quantitative estimate of drug-likeness (QED) is 0.0605. The number of carbonyl (C=O) groups excluding carboxylic acids is 3. The molecule has 5 aromatic rings. The third-order valence-electron chi connectivity index (χ3n) is 11.1. The van der Waals surface area contributed by atoms with Crippen LogP contribution < -0.4 is 21.5 Å². The fourth-order valence-electron chi connectivity index (χ4n) is 7.58. The zero-order valence-electron chi connectivity index (χ0n) is 34.3. The van der Waals surface area contributed by atoms with Crippen molar-refractivity contribution in [1.29, 1.82) is 0 Å². The number of H-pyrrole nitrogens is 1. The largest absolute Gasteiger partial charge is 0.506 e. The molecule has 0 saturated carbocycles. The first kappa shape index (κ1) is 42.6. The molecule has 0 unspecified atom stereocenters. The Labute approximate surface area is 346 Å². The number of phenols is 1. The van der Waals surface area contributed by atoms with Gasteiger partial charge in [-0.25, -0.2) is 4.79 Å². The molecule has 0 atom stereocenters. The lowest BCUT2D eigenvalue weighted by molar-refractivity contribution is -0.130. The fourth-order valence-corrected chi connectivity index (χ4v) is 7.58. The SMILES string of the molecule is Cc1cc(NC(=O)CCCCN(C)C(=O)CCN2CCC(OC(=O)Nc3ccccc3-c3ccccc3)CC2)c(C)cc1CNCCc1ccc(O)c2[nH]c(=O)ccc12. The number of anilines is 2. The number of nitrogens with zero attached hydrogens (tertiary/aromatic N) is 2. The number of hydrogen-bond donors (Lipinski definition) is 5. The highest BCUT2D eigenvalue weighted by atomic mass is 16.6. The minimum absolute atomic E-state index is 0.0447. The van der Waals surface area contributed by atoms with Crippen molar-refractivity contribution in [1.82, 2.24) is 20.1 Å². The topological polar surface area (TPSA) is 156 Å². The van der Waals surface area contributed by atoms with Crippen LogP contribution in [0.1, 0.15) is 60.8 Å². The summed E-state index contributed by atoms with van der Waals surface area (Å²) in [6.45, 7) is 8.17. The lowest BCUT2D eigenvalue weighted by Gasteiger charge is -2.31. The summed E-state index contributed by atoms with van der Waals surface area (Å²) in [6.07, 6.45) is 3.73. The molecular weight excluding hydrogens is 745 g/mol. The third-order valence-corrected chi connectivity index (χ3v) is 11.1. The number of likely N-dealkylation sites (tertiary alicyclic amines) is 1. The Morgan fingerprint density at radius 2 is 1.61 bits per heavy atom. The zero-order chi connectivity index (χ0) is 41.7. The van der Waals surface area contributed by atoms with Gasteiger partial charge in [-0.2, -0.15) is 0 Å². The number of pyridine rings is 1. The van der Waals surface area contributed by atoms with E-state index in [1.807, 2.05) is 87.6 Å². The zero-order valence-corrected chi connectivity index (χ0v) is 34.3. The first-order valence-corrected chi connectivity index (χ1v) is 20.6. The van der Waals surface area contributed by atoms with Gasteiger partial charge in [-0.15, -0.1) is 0 Å². The number of para-hydroxylation sites is 1. The van der Waals surface area contributed by atoms with Crippen molar-refractivity contribution in [2.45, 2.75) is 71.4 Å². The number of aromatic amines is 1. The van der Waals surface area contributed by atoms with Crippen molar-refractivity contribution in [2.75, 3.05) is 50.4 Å². The number of unbranched alkanes of at least 4 members (excludes halogenated alkanes) is 1. The van der Waals surface area contributed by atoms with Crippen LogP contribution in [-0.4, -0.2) is 83.7 Å². The molecule has 59 heavy (non-hydrogen) atoms. The van der Waals surface area contributed by atoms with Gasteiger partial charge in [0, 0.05) is 75.3 Å². The van der Waals surface area contributed by atoms with Gasteiger partial charge in [0.25, 0.3) is 0 Å². The van der Waals surface area contributed by atoms with Crippen LogP contribution >= 0.6 is 0 Å². The van der Waals surface area contributed by atoms with Crippen molar-refractivity contribution >= 4 is 40.2 Å². The van der Waals surface area contributed by atoms with Crippen LogP contribution in [0.3, 0.4) is 0 Å². The average molecular weight is 801 g/mol. The maximum atomic E-state index is 12.9. The number of ether oxygens (including phenoxy) is 1. The second-order valence-electron chi connectivity index (χ2n) is 15.4. The van der Waals surface area contributed by atoms with Crippen molar-refractivity contribution in [3.05, 3.63) is 124 Å². The molecule has 0 bridgehead atoms. The molecule has 6 rings (SSSR count). The molecule has 2 heterocycles. The van der Waals surface area contributed by atoms with E-state index >= 15 is 0 Å². The molecule has 4 aromatic carbocycles. The standard InChI is InChI=1S/C47H56N6O6/c1-32-30-41(33(2)29-36(32)31-48-24-20-35-16-18-42(54)46-39(35)17-19-44(56)51-46)49-43(55)15-9-10-25-52(3)45(57)23-28-53-26-21-37(22-27-53)59-47(58)50-40-14-8-7-13-38(40)34-11-5-4-6-12-34/h4-8,11-14,16-19,29-30,37,48,54H,9-10,15,20-28,31H2,1-3H3,(H,49,55)(H,50,58)(H,51,56). The number of rotatable bonds is 17. The summed E-state index contributed by atoms with van der Waals surface area (Å²) in [5, 5.41) is 20.5. The van der Waals surface area contributed by atoms with E-state index in [9.17, 15) is 24.3 Å². The summed E-state index contributed by atoms with van der Waals surface area (Å²) in [5.74, 6) is 0.0929. The Morgan fingerprint density at radius 3 is 2.41 bits per heavy atom. The number of benzene rings is 4. The predicted octanol–water partition coefficient (Wildman–Crippen LogP) is 7.52. The molecule has 1 aliphatic rings. The van der Waals surface area contributed by atoms with Gasteiger partial charge in [0.2, 0.25) is 17.4 Å². The molecule has 1 aliphatic heterocycles. The molecule has 1 saturated heterocycles. The van der Waals surface area contributed by atoms with Gasteiger partial charge in [0.05, 0.1) is 11.2 Å². The van der Waals surface area contributed by atoms with Crippen molar-refractivity contribution < 1.29 is 24.2 Å². The molecule has 12 nitrogen and oxygen atoms in total. The first-order valence-electron chi connectivity index (χ1n) is 20.6. The molecule has 3 amide bonds. The molecule has 0 spiro atoms. The lowest BCUT2D eigenvalue weighted by atomic mass is 10.0. The maximum absolute atomic E-state index is 12.9. The fraction of sp³-hybridized carbons (Fsp3) is 0.362. The van der Waals surface area contributed by atoms with Gasteiger partial charge in [-0.1, -0.05) is 60.7 Å². The number of aromatic nitrogens is 1. The number of aromatic hydroxyl groups is 1. The summed E-state index contributed by atoms with van der Waals surface area (Å²) >= 11 is 0. The highest BCUT2D eigenvalue weighted by Crippen LogP contribution is 2.29. The van der Waals surface area contributed by atoms with Crippen molar-refractivity contribution in [3.8, 4) is 16.9 Å². The van der Waals surface area contributed by atoms with E-state index in [-0.39, 0.29) is 29.2 Å². The highest BCUT2D eigenvalue weighted by molar-refractivity contribution is 5.92. The second kappa shape index (κ2) is 20.6. The van der Waals surface area contributed by atoms with Crippen LogP contribution in [-0.2, 0) is 27.3 Å². The number of amides is 3. The van der Waals surface area contributed by atoms with Crippen LogP contribution in [0.2, 0.25) is 0 Å². The number of aryl methyl sites for hydroxylation is 2. The Bertz CT molecular complexity index is 2280. The summed E-state index contributed by atoms with van der Waals surface area (Å²) in [4.78, 5) is 57.0. The molecular formula is C47H56N6O6. The van der Waals surface area contributed by atoms with Crippen LogP contribution in [0.4, 0.5) is 16.2 Å². The van der Waals surface area contributed by atoms with Crippen LogP contribution in [0.5, 0.6) is 5.75 Å². The first-order chi connectivity index (χ1) is 28.5. The Hall–Kier alpha value is -5.98. The van der Waals surface area contributed by atoms with E-state index in [2.05, 4.69) is 31.9 Å². The van der Waals surface area contributed by atoms with E-state index < -0.39 is 6.09 Å². The highest BCUT2D eigenvalue weighted by Gasteiger charge is 2.24. The number of fused-ring (bicyclic) bond motifs is 1. The molecule has 1 fully saturated rings. The smallest absolute Gasteiger partial charge is 0.411 e. The van der Waals surface area contributed by atoms with Crippen LogP contribution in [0.25, 0.3) is 22.0 Å². The Balaban J connectivity index is 0.836. The number of piperidine rings is 1. The summed E-state index contributed by atoms with van der Waals surface area (Å²) in [6, 6.07) is 28.4. The number of phenolic OH excluding ortho intramolecular Hbond substituents is 1. The van der Waals surface area contributed by atoms with Crippen molar-refractivity contribution in [3.63, 3.8) is 0 Å².